The van der Waals surface area contributed by atoms with Gasteiger partial charge in [-0.05, 0) is 18.2 Å². The average molecular weight is 412 g/mol. The molecule has 0 saturated carbocycles. The number of hydrogen-bond donors (Lipinski definition) is 0. The number of fused-ring (bicyclic) bond motifs is 1. The minimum absolute atomic E-state index is 0. The number of hydrogen-bond acceptors (Lipinski definition) is 8. The van der Waals surface area contributed by atoms with E-state index in [9.17, 15) is 27.9 Å². The third kappa shape index (κ3) is 3.55. The van der Waals surface area contributed by atoms with E-state index < -0.39 is 55.8 Å². The van der Waals surface area contributed by atoms with E-state index in [1.807, 2.05) is 0 Å². The molecule has 2 aliphatic rings. The summed E-state index contributed by atoms with van der Waals surface area (Å²) < 4.78 is 30.3. The molecular weight excluding hydrogens is 399 g/mol. The van der Waals surface area contributed by atoms with Gasteiger partial charge in [0.15, 0.2) is 5.37 Å². The number of ether oxygens (including phenoxy) is 1. The summed E-state index contributed by atoms with van der Waals surface area (Å²) in [5.74, 6) is -3.34. The Morgan fingerprint density at radius 1 is 1.39 bits per heavy atom. The number of carbonyl (C=O) groups is 3. The largest absolute Gasteiger partial charge is 1.00 e. The fraction of sp³-hybridized carbons (Fsp3) is 0.176. The Bertz CT molecular complexity index is 1040. The van der Waals surface area contributed by atoms with Crippen LogP contribution >= 0.6 is 0 Å². The number of carbonyl (C=O) groups excluding carboxylic acids is 3. The van der Waals surface area contributed by atoms with Crippen molar-refractivity contribution in [2.75, 3.05) is 6.61 Å². The molecule has 1 saturated heterocycles. The molecule has 9 nitrogen and oxygen atoms in total. The first-order chi connectivity index (χ1) is 12.7. The predicted molar refractivity (Wildman–Crippen MR) is 89.6 cm³/mol. The van der Waals surface area contributed by atoms with Gasteiger partial charge in [0.1, 0.15) is 6.61 Å². The molecule has 0 unspecified atom stereocenters. The van der Waals surface area contributed by atoms with E-state index in [0.717, 1.165) is 6.92 Å². The van der Waals surface area contributed by atoms with E-state index in [2.05, 4.69) is 11.6 Å². The average Bonchev–Trinajstić information content (AvgIpc) is 2.61. The molecule has 1 aromatic heterocycles. The third-order valence-corrected chi connectivity index (χ3v) is 6.06. The standard InChI is InChI=1S/C17H14N2O7S.Na/c1-9-13(8-26-10(2)20)14(17(22)23)19-15(21)12(16(19)27(9,24)25)7-11-5-3-4-6-18-11;/h3-7,16H,1,8H2,2H3,(H,22,23);/q;+1/p-1/b12-7-;/t16-;/m1./s1. The first-order valence-corrected chi connectivity index (χ1v) is 9.18. The maximum absolute atomic E-state index is 12.8. The number of esters is 1. The van der Waals surface area contributed by atoms with Gasteiger partial charge < -0.3 is 14.6 Å². The molecule has 3 rings (SSSR count). The van der Waals surface area contributed by atoms with E-state index in [4.69, 9.17) is 4.74 Å². The number of nitrogens with zero attached hydrogens (tertiary/aromatic N) is 2. The summed E-state index contributed by atoms with van der Waals surface area (Å²) in [6, 6.07) is 4.86. The van der Waals surface area contributed by atoms with Gasteiger partial charge in [-0.15, -0.1) is 0 Å². The van der Waals surface area contributed by atoms with Crippen molar-refractivity contribution in [2.45, 2.75) is 12.3 Å². The summed E-state index contributed by atoms with van der Waals surface area (Å²) >= 11 is 0. The maximum atomic E-state index is 12.8. The van der Waals surface area contributed by atoms with Crippen LogP contribution in [0.3, 0.4) is 0 Å². The SMILES string of the molecule is C=C1C(COC(C)=O)=C(C(=O)[O-])N2C(=O)/C(=C/c3ccccn3)[C@H]2S1(=O)=O.[Na+]. The molecule has 1 aromatic rings. The monoisotopic (exact) mass is 412 g/mol. The van der Waals surface area contributed by atoms with Gasteiger partial charge in [-0.25, -0.2) is 8.42 Å². The molecule has 1 fully saturated rings. The number of rotatable bonds is 4. The Morgan fingerprint density at radius 3 is 2.61 bits per heavy atom. The predicted octanol–water partition coefficient (Wildman–Crippen LogP) is -3.85. The van der Waals surface area contributed by atoms with Gasteiger partial charge in [-0.3, -0.25) is 19.5 Å². The number of aliphatic carboxylic acids is 1. The van der Waals surface area contributed by atoms with E-state index in [-0.39, 0.29) is 35.1 Å². The second-order valence-corrected chi connectivity index (χ2v) is 7.77. The molecular formula is C17H13N2NaO7S. The number of β-lactam (4-membered cyclic amide) rings is 1. The van der Waals surface area contributed by atoms with Crippen molar-refractivity contribution in [2.24, 2.45) is 0 Å². The zero-order valence-electron chi connectivity index (χ0n) is 15.0. The Balaban J connectivity index is 0.00000280. The van der Waals surface area contributed by atoms with Gasteiger partial charge in [0.05, 0.1) is 27.8 Å². The van der Waals surface area contributed by atoms with Crippen molar-refractivity contribution in [3.8, 4) is 0 Å². The molecule has 28 heavy (non-hydrogen) atoms. The van der Waals surface area contributed by atoms with Gasteiger partial charge in [-0.2, -0.15) is 0 Å². The summed E-state index contributed by atoms with van der Waals surface area (Å²) in [4.78, 5) is 39.2. The number of carboxylic acids is 1. The Labute approximate surface area is 182 Å². The van der Waals surface area contributed by atoms with Crippen LogP contribution in [0.4, 0.5) is 0 Å². The summed E-state index contributed by atoms with van der Waals surface area (Å²) in [6.45, 7) is 3.85. The zero-order valence-corrected chi connectivity index (χ0v) is 17.9. The molecule has 0 spiro atoms. The van der Waals surface area contributed by atoms with E-state index >= 15 is 0 Å². The van der Waals surface area contributed by atoms with Crippen LogP contribution in [0, 0.1) is 0 Å². The number of sulfone groups is 1. The van der Waals surface area contributed by atoms with Gasteiger partial charge in [0.25, 0.3) is 5.91 Å². The fourth-order valence-electron chi connectivity index (χ4n) is 2.83. The number of aromatic nitrogens is 1. The van der Waals surface area contributed by atoms with Crippen LogP contribution < -0.4 is 34.7 Å². The van der Waals surface area contributed by atoms with Crippen molar-refractivity contribution >= 4 is 33.8 Å². The van der Waals surface area contributed by atoms with Crippen LogP contribution in [0.25, 0.3) is 6.08 Å². The molecule has 11 heteroatoms. The molecule has 1 atom stereocenters. The minimum atomic E-state index is -4.19. The molecule has 140 valence electrons. The molecule has 0 radical (unpaired) electrons. The fourth-order valence-corrected chi connectivity index (χ4v) is 4.58. The van der Waals surface area contributed by atoms with Crippen molar-refractivity contribution in [3.63, 3.8) is 0 Å². The number of pyridine rings is 1. The van der Waals surface area contributed by atoms with Crippen LogP contribution in [0.15, 0.2) is 52.7 Å². The van der Waals surface area contributed by atoms with Crippen molar-refractivity contribution < 1.29 is 62.2 Å². The smallest absolute Gasteiger partial charge is 0.543 e. The van der Waals surface area contributed by atoms with Crippen molar-refractivity contribution in [3.05, 3.63) is 58.4 Å². The van der Waals surface area contributed by atoms with Crippen LogP contribution in [0.5, 0.6) is 0 Å². The van der Waals surface area contributed by atoms with Gasteiger partial charge in [-0.1, -0.05) is 12.6 Å². The number of carboxylic acid groups (broad SMARTS) is 1. The summed E-state index contributed by atoms with van der Waals surface area (Å²) in [7, 11) is -4.19. The van der Waals surface area contributed by atoms with E-state index in [1.54, 1.807) is 18.2 Å². The summed E-state index contributed by atoms with van der Waals surface area (Å²) in [6.07, 6.45) is 2.74. The maximum Gasteiger partial charge on any atom is 1.00 e. The first-order valence-electron chi connectivity index (χ1n) is 7.63. The van der Waals surface area contributed by atoms with Crippen molar-refractivity contribution in [1.29, 1.82) is 0 Å². The molecule has 0 aromatic carbocycles. The normalized spacial score (nSPS) is 21.5. The first kappa shape index (κ1) is 22.0. The quantitative estimate of drug-likeness (QED) is 0.212. The van der Waals surface area contributed by atoms with Crippen LogP contribution in [-0.2, 0) is 29.0 Å². The molecule has 3 heterocycles. The van der Waals surface area contributed by atoms with Crippen LogP contribution in [-0.4, -0.2) is 48.1 Å². The third-order valence-electron chi connectivity index (χ3n) is 4.07. The second kappa shape index (κ2) is 8.00. The number of amides is 1. The topological polar surface area (TPSA) is 134 Å². The zero-order chi connectivity index (χ0) is 19.9. The van der Waals surface area contributed by atoms with Gasteiger partial charge in [0, 0.05) is 18.7 Å². The van der Waals surface area contributed by atoms with Crippen LogP contribution in [0.2, 0.25) is 0 Å². The van der Waals surface area contributed by atoms with E-state index in [1.165, 1.54) is 12.3 Å². The van der Waals surface area contributed by atoms with Gasteiger partial charge in [0.2, 0.25) is 9.84 Å². The second-order valence-electron chi connectivity index (χ2n) is 5.74. The Kier molecular flexibility index (Phi) is 6.29. The molecule has 0 bridgehead atoms. The summed E-state index contributed by atoms with van der Waals surface area (Å²) in [5.41, 5.74) is -0.873. The van der Waals surface area contributed by atoms with Crippen molar-refractivity contribution in [1.82, 2.24) is 9.88 Å². The molecule has 2 aliphatic heterocycles. The Morgan fingerprint density at radius 2 is 2.07 bits per heavy atom. The summed E-state index contributed by atoms with van der Waals surface area (Å²) in [5, 5.41) is 10.0. The minimum Gasteiger partial charge on any atom is -0.543 e. The molecule has 0 N–H and O–H groups in total. The van der Waals surface area contributed by atoms with E-state index in [0.29, 0.717) is 10.6 Å². The molecule has 1 amide bonds. The Hall–Kier alpha value is -2.27. The molecule has 0 aliphatic carbocycles. The van der Waals surface area contributed by atoms with Crippen LogP contribution in [0.1, 0.15) is 12.6 Å². The van der Waals surface area contributed by atoms with Gasteiger partial charge >= 0.3 is 35.5 Å².